The maximum absolute atomic E-state index is 10.9. The summed E-state index contributed by atoms with van der Waals surface area (Å²) in [5.74, 6) is 4.31. The quantitative estimate of drug-likeness (QED) is 0.399. The number of Topliss-reactive ketones (excluding diaryl/α,β-unsaturated/α-hetero) is 1. The van der Waals surface area contributed by atoms with Crippen molar-refractivity contribution in [3.63, 3.8) is 0 Å². The van der Waals surface area contributed by atoms with Gasteiger partial charge in [0.05, 0.1) is 12.0 Å². The van der Waals surface area contributed by atoms with Crippen LogP contribution < -0.4 is 0 Å². The molecule has 1 aromatic heterocycles. The summed E-state index contributed by atoms with van der Waals surface area (Å²) in [4.78, 5) is 22.2. The lowest BCUT2D eigenvalue weighted by molar-refractivity contribution is -0.133. The standard InChI is InChI=1S/C10H8O3S/c1-7(11)9-5-8(6-14-9)3-4-10(12)13-2/h5-6H,1-2H3. The van der Waals surface area contributed by atoms with Gasteiger partial charge in [-0.25, -0.2) is 4.79 Å². The van der Waals surface area contributed by atoms with Gasteiger partial charge >= 0.3 is 5.97 Å². The molecule has 4 heteroatoms. The SMILES string of the molecule is COC(=O)C#Cc1csc(C(C)=O)c1. The zero-order valence-electron chi connectivity index (χ0n) is 7.79. The summed E-state index contributed by atoms with van der Waals surface area (Å²) in [6.45, 7) is 1.49. The highest BCUT2D eigenvalue weighted by molar-refractivity contribution is 7.12. The van der Waals surface area contributed by atoms with E-state index in [0.29, 0.717) is 10.4 Å². The number of carbonyl (C=O) groups is 2. The molecule has 1 heterocycles. The Balaban J connectivity index is 2.81. The molecule has 0 aliphatic carbocycles. The van der Waals surface area contributed by atoms with E-state index in [9.17, 15) is 9.59 Å². The number of methoxy groups -OCH3 is 1. The fourth-order valence-corrected chi connectivity index (χ4v) is 1.50. The van der Waals surface area contributed by atoms with Crippen LogP contribution in [0.2, 0.25) is 0 Å². The van der Waals surface area contributed by atoms with E-state index >= 15 is 0 Å². The highest BCUT2D eigenvalue weighted by Gasteiger charge is 2.02. The van der Waals surface area contributed by atoms with E-state index < -0.39 is 5.97 Å². The molecule has 0 saturated carbocycles. The Morgan fingerprint density at radius 3 is 2.71 bits per heavy atom. The first-order valence-corrected chi connectivity index (χ1v) is 4.71. The van der Waals surface area contributed by atoms with Gasteiger partial charge in [0, 0.05) is 16.9 Å². The second-order valence-electron chi connectivity index (χ2n) is 2.50. The molecule has 1 aromatic rings. The summed E-state index contributed by atoms with van der Waals surface area (Å²) in [6, 6.07) is 1.66. The van der Waals surface area contributed by atoms with E-state index in [4.69, 9.17) is 0 Å². The highest BCUT2D eigenvalue weighted by Crippen LogP contribution is 2.13. The number of rotatable bonds is 1. The molecule has 72 valence electrons. The average molecular weight is 208 g/mol. The Bertz CT molecular complexity index is 420. The van der Waals surface area contributed by atoms with Gasteiger partial charge in [0.2, 0.25) is 0 Å². The number of esters is 1. The molecule has 0 N–H and O–H groups in total. The van der Waals surface area contributed by atoms with E-state index in [0.717, 1.165) is 0 Å². The second kappa shape index (κ2) is 4.58. The molecule has 0 atom stereocenters. The summed E-state index contributed by atoms with van der Waals surface area (Å²) < 4.78 is 4.35. The van der Waals surface area contributed by atoms with Crippen LogP contribution in [-0.4, -0.2) is 18.9 Å². The van der Waals surface area contributed by atoms with Crippen molar-refractivity contribution in [3.05, 3.63) is 21.9 Å². The maximum atomic E-state index is 10.9. The van der Waals surface area contributed by atoms with E-state index in [1.807, 2.05) is 0 Å². The minimum atomic E-state index is -0.583. The van der Waals surface area contributed by atoms with Gasteiger partial charge in [-0.2, -0.15) is 0 Å². The summed E-state index contributed by atoms with van der Waals surface area (Å²) in [6.07, 6.45) is 0. The summed E-state index contributed by atoms with van der Waals surface area (Å²) in [5, 5.41) is 1.73. The molecule has 0 aromatic carbocycles. The topological polar surface area (TPSA) is 43.4 Å². The van der Waals surface area contributed by atoms with Crippen LogP contribution in [-0.2, 0) is 9.53 Å². The van der Waals surface area contributed by atoms with Crippen molar-refractivity contribution in [2.75, 3.05) is 7.11 Å². The average Bonchev–Trinajstić information content (AvgIpc) is 2.62. The molecular formula is C10H8O3S. The van der Waals surface area contributed by atoms with Crippen molar-refractivity contribution in [1.29, 1.82) is 0 Å². The van der Waals surface area contributed by atoms with Gasteiger partial charge in [-0.1, -0.05) is 5.92 Å². The van der Waals surface area contributed by atoms with E-state index in [2.05, 4.69) is 16.6 Å². The highest BCUT2D eigenvalue weighted by atomic mass is 32.1. The normalized spacial score (nSPS) is 8.71. The lowest BCUT2D eigenvalue weighted by Crippen LogP contribution is -1.94. The van der Waals surface area contributed by atoms with Crippen LogP contribution in [0.4, 0.5) is 0 Å². The molecule has 0 unspecified atom stereocenters. The van der Waals surface area contributed by atoms with Gasteiger partial charge in [-0.3, -0.25) is 4.79 Å². The van der Waals surface area contributed by atoms with Gasteiger partial charge in [0.25, 0.3) is 0 Å². The number of thiophene rings is 1. The third kappa shape index (κ3) is 2.71. The van der Waals surface area contributed by atoms with Crippen molar-refractivity contribution in [1.82, 2.24) is 0 Å². The fourth-order valence-electron chi connectivity index (χ4n) is 0.761. The molecule has 0 spiro atoms. The molecule has 3 nitrogen and oxygen atoms in total. The molecule has 0 saturated heterocycles. The lowest BCUT2D eigenvalue weighted by Gasteiger charge is -1.83. The monoisotopic (exact) mass is 208 g/mol. The number of ether oxygens (including phenoxy) is 1. The molecular weight excluding hydrogens is 200 g/mol. The lowest BCUT2D eigenvalue weighted by atomic mass is 10.3. The van der Waals surface area contributed by atoms with Crippen LogP contribution in [0.25, 0.3) is 0 Å². The van der Waals surface area contributed by atoms with Gasteiger partial charge in [0.1, 0.15) is 0 Å². The van der Waals surface area contributed by atoms with Crippen molar-refractivity contribution in [3.8, 4) is 11.8 Å². The predicted molar refractivity (Wildman–Crippen MR) is 53.2 cm³/mol. The Hall–Kier alpha value is -1.60. The zero-order chi connectivity index (χ0) is 10.6. The van der Waals surface area contributed by atoms with Crippen molar-refractivity contribution in [2.24, 2.45) is 0 Å². The predicted octanol–water partition coefficient (Wildman–Crippen LogP) is 1.48. The smallest absolute Gasteiger partial charge is 0.384 e. The first-order chi connectivity index (χ1) is 6.63. The molecule has 1 rings (SSSR count). The number of hydrogen-bond donors (Lipinski definition) is 0. The third-order valence-electron chi connectivity index (χ3n) is 1.44. The largest absolute Gasteiger partial charge is 0.459 e. The number of carbonyl (C=O) groups excluding carboxylic acids is 2. The van der Waals surface area contributed by atoms with Crippen molar-refractivity contribution >= 4 is 23.1 Å². The number of hydrogen-bond acceptors (Lipinski definition) is 4. The van der Waals surface area contributed by atoms with Crippen LogP contribution in [0.3, 0.4) is 0 Å². The first kappa shape index (κ1) is 10.5. The Labute approximate surface area is 85.7 Å². The molecule has 0 aliphatic heterocycles. The van der Waals surface area contributed by atoms with Crippen LogP contribution in [0.5, 0.6) is 0 Å². The summed E-state index contributed by atoms with van der Waals surface area (Å²) >= 11 is 1.31. The van der Waals surface area contributed by atoms with E-state index in [1.165, 1.54) is 25.4 Å². The minimum absolute atomic E-state index is 0.00104. The van der Waals surface area contributed by atoms with Gasteiger partial charge in [0.15, 0.2) is 5.78 Å². The van der Waals surface area contributed by atoms with Crippen LogP contribution in [0, 0.1) is 11.8 Å². The molecule has 0 bridgehead atoms. The van der Waals surface area contributed by atoms with Crippen molar-refractivity contribution < 1.29 is 14.3 Å². The van der Waals surface area contributed by atoms with Gasteiger partial charge < -0.3 is 4.74 Å². The Kier molecular flexibility index (Phi) is 3.43. The molecule has 0 radical (unpaired) electrons. The summed E-state index contributed by atoms with van der Waals surface area (Å²) in [5.41, 5.74) is 0.658. The zero-order valence-corrected chi connectivity index (χ0v) is 8.60. The van der Waals surface area contributed by atoms with Crippen LogP contribution in [0.15, 0.2) is 11.4 Å². The second-order valence-corrected chi connectivity index (χ2v) is 3.41. The Morgan fingerprint density at radius 2 is 2.21 bits per heavy atom. The minimum Gasteiger partial charge on any atom is -0.459 e. The Morgan fingerprint density at radius 1 is 1.50 bits per heavy atom. The third-order valence-corrected chi connectivity index (χ3v) is 2.47. The van der Waals surface area contributed by atoms with E-state index in [-0.39, 0.29) is 5.78 Å². The molecule has 0 fully saturated rings. The molecule has 0 amide bonds. The maximum Gasteiger partial charge on any atom is 0.384 e. The fraction of sp³-hybridized carbons (Fsp3) is 0.200. The first-order valence-electron chi connectivity index (χ1n) is 3.83. The number of ketones is 1. The van der Waals surface area contributed by atoms with Gasteiger partial charge in [-0.15, -0.1) is 11.3 Å². The van der Waals surface area contributed by atoms with Gasteiger partial charge in [-0.05, 0) is 13.0 Å². The molecule has 14 heavy (non-hydrogen) atoms. The van der Waals surface area contributed by atoms with Crippen LogP contribution >= 0.6 is 11.3 Å². The van der Waals surface area contributed by atoms with E-state index in [1.54, 1.807) is 11.4 Å². The summed E-state index contributed by atoms with van der Waals surface area (Å²) in [7, 11) is 1.27. The molecule has 0 aliphatic rings. The van der Waals surface area contributed by atoms with Crippen LogP contribution in [0.1, 0.15) is 22.2 Å². The van der Waals surface area contributed by atoms with Crippen molar-refractivity contribution in [2.45, 2.75) is 6.92 Å².